The van der Waals surface area contributed by atoms with E-state index in [0.29, 0.717) is 17.9 Å². The lowest BCUT2D eigenvalue weighted by atomic mass is 10.0. The fourth-order valence-corrected chi connectivity index (χ4v) is 1.86. The highest BCUT2D eigenvalue weighted by atomic mass is 16.6. The second-order valence-electron chi connectivity index (χ2n) is 3.91. The first-order chi connectivity index (χ1) is 9.26. The van der Waals surface area contributed by atoms with Crippen molar-refractivity contribution in [2.24, 2.45) is 0 Å². The number of esters is 1. The molecule has 0 fully saturated rings. The minimum absolute atomic E-state index is 0.201. The molecule has 98 valence electrons. The number of carbonyl (C=O) groups is 2. The van der Waals surface area contributed by atoms with Crippen molar-refractivity contribution in [1.82, 2.24) is 0 Å². The number of hydrogen-bond donors (Lipinski definition) is 0. The van der Waals surface area contributed by atoms with E-state index < -0.39 is 5.97 Å². The van der Waals surface area contributed by atoms with Crippen LogP contribution in [0.1, 0.15) is 17.3 Å². The third-order valence-electron chi connectivity index (χ3n) is 2.70. The summed E-state index contributed by atoms with van der Waals surface area (Å²) in [7, 11) is 0. The Balaban J connectivity index is 2.28. The van der Waals surface area contributed by atoms with Crippen molar-refractivity contribution < 1.29 is 19.1 Å². The second kappa shape index (κ2) is 6.00. The van der Waals surface area contributed by atoms with Gasteiger partial charge in [0.15, 0.2) is 12.9 Å². The van der Waals surface area contributed by atoms with Gasteiger partial charge >= 0.3 is 5.97 Å². The van der Waals surface area contributed by atoms with E-state index in [2.05, 4.69) is 0 Å². The molecule has 0 saturated heterocycles. The molecule has 0 atom stereocenters. The normalized spacial score (nSPS) is 10.2. The van der Waals surface area contributed by atoms with E-state index in [0.717, 1.165) is 17.1 Å². The van der Waals surface area contributed by atoms with Crippen LogP contribution in [0.25, 0.3) is 10.8 Å². The summed E-state index contributed by atoms with van der Waals surface area (Å²) >= 11 is 0. The van der Waals surface area contributed by atoms with Crippen molar-refractivity contribution in [3.05, 3.63) is 42.0 Å². The van der Waals surface area contributed by atoms with Crippen molar-refractivity contribution in [2.75, 3.05) is 13.2 Å². The lowest BCUT2D eigenvalue weighted by molar-refractivity contribution is -0.145. The van der Waals surface area contributed by atoms with Gasteiger partial charge in [-0.15, -0.1) is 0 Å². The largest absolute Gasteiger partial charge is 0.481 e. The molecule has 0 amide bonds. The molecule has 0 aliphatic rings. The van der Waals surface area contributed by atoms with Gasteiger partial charge in [-0.1, -0.05) is 30.3 Å². The van der Waals surface area contributed by atoms with Crippen molar-refractivity contribution in [2.45, 2.75) is 6.92 Å². The van der Waals surface area contributed by atoms with Gasteiger partial charge in [-0.2, -0.15) is 0 Å². The van der Waals surface area contributed by atoms with E-state index in [1.165, 1.54) is 0 Å². The molecule has 4 nitrogen and oxygen atoms in total. The third-order valence-corrected chi connectivity index (χ3v) is 2.70. The first-order valence-corrected chi connectivity index (χ1v) is 6.01. The van der Waals surface area contributed by atoms with Crippen LogP contribution in [-0.2, 0) is 9.53 Å². The summed E-state index contributed by atoms with van der Waals surface area (Å²) in [5.74, 6) is -0.0609. The Morgan fingerprint density at radius 1 is 1.21 bits per heavy atom. The average Bonchev–Trinajstić information content (AvgIpc) is 2.44. The van der Waals surface area contributed by atoms with Crippen LogP contribution in [0.15, 0.2) is 36.4 Å². The predicted octanol–water partition coefficient (Wildman–Crippen LogP) is 2.59. The Kier molecular flexibility index (Phi) is 4.13. The first-order valence-electron chi connectivity index (χ1n) is 6.01. The lowest BCUT2D eigenvalue weighted by Crippen LogP contribution is -2.15. The van der Waals surface area contributed by atoms with Crippen LogP contribution in [0.3, 0.4) is 0 Å². The minimum atomic E-state index is -0.451. The van der Waals surface area contributed by atoms with Crippen LogP contribution in [0.4, 0.5) is 0 Å². The molecular formula is C15H14O4. The minimum Gasteiger partial charge on any atom is -0.481 e. The van der Waals surface area contributed by atoms with Crippen LogP contribution >= 0.6 is 0 Å². The maximum Gasteiger partial charge on any atom is 0.344 e. The average molecular weight is 258 g/mol. The molecule has 2 rings (SSSR count). The standard InChI is InChI=1S/C15H14O4/c1-2-18-15(17)10-19-14-8-7-11-5-3-4-6-12(11)13(14)9-16/h3-9H,2,10H2,1H3. The highest BCUT2D eigenvalue weighted by Gasteiger charge is 2.10. The third kappa shape index (κ3) is 2.91. The van der Waals surface area contributed by atoms with Gasteiger partial charge in [0.1, 0.15) is 5.75 Å². The summed E-state index contributed by atoms with van der Waals surface area (Å²) in [5, 5.41) is 1.76. The highest BCUT2D eigenvalue weighted by Crippen LogP contribution is 2.26. The molecule has 19 heavy (non-hydrogen) atoms. The zero-order chi connectivity index (χ0) is 13.7. The highest BCUT2D eigenvalue weighted by molar-refractivity contribution is 6.00. The summed E-state index contributed by atoms with van der Waals surface area (Å²) in [6.07, 6.45) is 0.739. The molecule has 4 heteroatoms. The smallest absolute Gasteiger partial charge is 0.344 e. The molecule has 2 aromatic carbocycles. The monoisotopic (exact) mass is 258 g/mol. The quantitative estimate of drug-likeness (QED) is 0.611. The van der Waals surface area contributed by atoms with Crippen LogP contribution in [0.5, 0.6) is 5.75 Å². The van der Waals surface area contributed by atoms with Crippen LogP contribution in [0.2, 0.25) is 0 Å². The van der Waals surface area contributed by atoms with Crippen molar-refractivity contribution >= 4 is 23.0 Å². The summed E-state index contributed by atoms with van der Waals surface area (Å²) in [6.45, 7) is 1.83. The fourth-order valence-electron chi connectivity index (χ4n) is 1.86. The predicted molar refractivity (Wildman–Crippen MR) is 71.5 cm³/mol. The Hall–Kier alpha value is -2.36. The van der Waals surface area contributed by atoms with Gasteiger partial charge in [0.2, 0.25) is 0 Å². The SMILES string of the molecule is CCOC(=O)COc1ccc2ccccc2c1C=O. The van der Waals surface area contributed by atoms with Gasteiger partial charge in [-0.25, -0.2) is 4.79 Å². The van der Waals surface area contributed by atoms with Crippen molar-refractivity contribution in [3.63, 3.8) is 0 Å². The van der Waals surface area contributed by atoms with Gasteiger partial charge < -0.3 is 9.47 Å². The zero-order valence-corrected chi connectivity index (χ0v) is 10.6. The molecule has 0 spiro atoms. The fraction of sp³-hybridized carbons (Fsp3) is 0.200. The summed E-state index contributed by atoms with van der Waals surface area (Å²) in [4.78, 5) is 22.5. The zero-order valence-electron chi connectivity index (χ0n) is 10.6. The number of benzene rings is 2. The van der Waals surface area contributed by atoms with Gasteiger partial charge in [0.25, 0.3) is 0 Å². The Morgan fingerprint density at radius 3 is 2.74 bits per heavy atom. The molecule has 0 bridgehead atoms. The van der Waals surface area contributed by atoms with Crippen molar-refractivity contribution in [1.29, 1.82) is 0 Å². The topological polar surface area (TPSA) is 52.6 Å². The second-order valence-corrected chi connectivity index (χ2v) is 3.91. The molecular weight excluding hydrogens is 244 g/mol. The maximum absolute atomic E-state index is 11.2. The van der Waals surface area contributed by atoms with Gasteiger partial charge in [-0.05, 0) is 23.8 Å². The van der Waals surface area contributed by atoms with Gasteiger partial charge in [0, 0.05) is 0 Å². The number of rotatable bonds is 5. The van der Waals surface area contributed by atoms with E-state index in [1.54, 1.807) is 13.0 Å². The number of carbonyl (C=O) groups excluding carboxylic acids is 2. The molecule has 0 saturated carbocycles. The van der Waals surface area contributed by atoms with Crippen LogP contribution in [0, 0.1) is 0 Å². The van der Waals surface area contributed by atoms with E-state index in [1.807, 2.05) is 30.3 Å². The van der Waals surface area contributed by atoms with Crippen molar-refractivity contribution in [3.8, 4) is 5.75 Å². The number of aldehydes is 1. The molecule has 0 aromatic heterocycles. The number of ether oxygens (including phenoxy) is 2. The van der Waals surface area contributed by atoms with E-state index in [-0.39, 0.29) is 6.61 Å². The first kappa shape index (κ1) is 13.1. The summed E-state index contributed by atoms with van der Waals surface area (Å²) in [5.41, 5.74) is 0.447. The summed E-state index contributed by atoms with van der Waals surface area (Å²) < 4.78 is 10.1. The van der Waals surface area contributed by atoms with Gasteiger partial charge in [0.05, 0.1) is 12.2 Å². The Labute approximate surface area is 110 Å². The van der Waals surface area contributed by atoms with E-state index in [9.17, 15) is 9.59 Å². The van der Waals surface area contributed by atoms with Crippen LogP contribution in [-0.4, -0.2) is 25.5 Å². The van der Waals surface area contributed by atoms with E-state index in [4.69, 9.17) is 9.47 Å². The molecule has 0 heterocycles. The number of fused-ring (bicyclic) bond motifs is 1. The molecule has 0 aliphatic carbocycles. The lowest BCUT2D eigenvalue weighted by Gasteiger charge is -2.10. The maximum atomic E-state index is 11.2. The Bertz CT molecular complexity index is 604. The summed E-state index contributed by atoms with van der Waals surface area (Å²) in [6, 6.07) is 11.0. The van der Waals surface area contributed by atoms with Crippen LogP contribution < -0.4 is 4.74 Å². The Morgan fingerprint density at radius 2 is 2.00 bits per heavy atom. The van der Waals surface area contributed by atoms with Gasteiger partial charge in [-0.3, -0.25) is 4.79 Å². The molecule has 2 aromatic rings. The molecule has 0 N–H and O–H groups in total. The molecule has 0 radical (unpaired) electrons. The number of hydrogen-bond acceptors (Lipinski definition) is 4. The molecule has 0 unspecified atom stereocenters. The van der Waals surface area contributed by atoms with E-state index >= 15 is 0 Å². The molecule has 0 aliphatic heterocycles.